The fraction of sp³-hybridized carbons (Fsp3) is 0.250. The largest absolute Gasteiger partial charge is 0.497 e. The third-order valence-electron chi connectivity index (χ3n) is 5.32. The summed E-state index contributed by atoms with van der Waals surface area (Å²) in [5.74, 6) is 1.64. The van der Waals surface area contributed by atoms with Crippen LogP contribution in [-0.2, 0) is 18.6 Å². The highest BCUT2D eigenvalue weighted by Crippen LogP contribution is 2.42. The monoisotopic (exact) mass is 360 g/mol. The standard InChI is InChI=1S/C24H24O3/c1-26-22-13-14-23-19(16-22)8-5-15-24(23,25)20-9-11-21(12-10-20)27-17-18-6-3-2-4-7-18/h2-4,6-7,9-14,16,25H,5,8,15,17H2,1H3/t24-/m0/s1. The summed E-state index contributed by atoms with van der Waals surface area (Å²) in [4.78, 5) is 0. The van der Waals surface area contributed by atoms with Gasteiger partial charge in [0.05, 0.1) is 7.11 Å². The van der Waals surface area contributed by atoms with Gasteiger partial charge in [-0.05, 0) is 65.8 Å². The summed E-state index contributed by atoms with van der Waals surface area (Å²) in [7, 11) is 1.67. The quantitative estimate of drug-likeness (QED) is 0.707. The summed E-state index contributed by atoms with van der Waals surface area (Å²) in [6.45, 7) is 0.535. The van der Waals surface area contributed by atoms with Gasteiger partial charge in [0, 0.05) is 0 Å². The molecule has 0 radical (unpaired) electrons. The van der Waals surface area contributed by atoms with E-state index in [1.54, 1.807) is 7.11 Å². The maximum atomic E-state index is 11.5. The number of fused-ring (bicyclic) bond motifs is 1. The molecule has 4 rings (SSSR count). The van der Waals surface area contributed by atoms with Gasteiger partial charge in [-0.15, -0.1) is 0 Å². The molecule has 0 aliphatic heterocycles. The lowest BCUT2D eigenvalue weighted by Crippen LogP contribution is -2.31. The minimum Gasteiger partial charge on any atom is -0.497 e. The van der Waals surface area contributed by atoms with Crippen molar-refractivity contribution in [2.24, 2.45) is 0 Å². The summed E-state index contributed by atoms with van der Waals surface area (Å²) in [6, 6.07) is 23.9. The maximum Gasteiger partial charge on any atom is 0.119 e. The van der Waals surface area contributed by atoms with Crippen molar-refractivity contribution in [1.29, 1.82) is 0 Å². The number of benzene rings is 3. The van der Waals surface area contributed by atoms with Crippen molar-refractivity contribution in [2.45, 2.75) is 31.5 Å². The SMILES string of the molecule is COc1ccc2c(c1)CCC[C@]2(O)c1ccc(OCc2ccccc2)cc1. The summed E-state index contributed by atoms with van der Waals surface area (Å²) in [5.41, 5.74) is 3.22. The van der Waals surface area contributed by atoms with Gasteiger partial charge in [-0.1, -0.05) is 48.5 Å². The van der Waals surface area contributed by atoms with Gasteiger partial charge in [0.15, 0.2) is 0 Å². The van der Waals surface area contributed by atoms with Gasteiger partial charge in [-0.25, -0.2) is 0 Å². The Labute approximate surface area is 160 Å². The molecular formula is C24H24O3. The molecule has 1 atom stereocenters. The lowest BCUT2D eigenvalue weighted by Gasteiger charge is -2.35. The van der Waals surface area contributed by atoms with E-state index >= 15 is 0 Å². The van der Waals surface area contributed by atoms with Crippen molar-refractivity contribution in [3.05, 3.63) is 95.1 Å². The first-order chi connectivity index (χ1) is 13.2. The first-order valence-electron chi connectivity index (χ1n) is 9.36. The molecule has 0 spiro atoms. The number of aliphatic hydroxyl groups is 1. The Morgan fingerprint density at radius 2 is 1.67 bits per heavy atom. The summed E-state index contributed by atoms with van der Waals surface area (Å²) >= 11 is 0. The van der Waals surface area contributed by atoms with Crippen molar-refractivity contribution in [3.63, 3.8) is 0 Å². The fourth-order valence-corrected chi connectivity index (χ4v) is 3.84. The molecule has 0 bridgehead atoms. The summed E-state index contributed by atoms with van der Waals surface area (Å²) in [6.07, 6.45) is 2.63. The molecule has 0 unspecified atom stereocenters. The van der Waals surface area contributed by atoms with Gasteiger partial charge >= 0.3 is 0 Å². The van der Waals surface area contributed by atoms with E-state index in [4.69, 9.17) is 9.47 Å². The average molecular weight is 360 g/mol. The molecule has 0 saturated carbocycles. The summed E-state index contributed by atoms with van der Waals surface area (Å²) in [5, 5.41) is 11.5. The Morgan fingerprint density at radius 1 is 0.926 bits per heavy atom. The molecule has 0 aromatic heterocycles. The molecule has 0 fully saturated rings. The van der Waals surface area contributed by atoms with E-state index in [0.717, 1.165) is 53.0 Å². The highest BCUT2D eigenvalue weighted by atomic mass is 16.5. The van der Waals surface area contributed by atoms with Crippen LogP contribution in [0.4, 0.5) is 0 Å². The molecule has 3 aromatic rings. The maximum absolute atomic E-state index is 11.5. The predicted octanol–water partition coefficient (Wildman–Crippen LogP) is 4.85. The second-order valence-electron chi connectivity index (χ2n) is 7.04. The fourth-order valence-electron chi connectivity index (χ4n) is 3.84. The van der Waals surface area contributed by atoms with Gasteiger partial charge in [0.25, 0.3) is 0 Å². The van der Waals surface area contributed by atoms with E-state index in [2.05, 4.69) is 0 Å². The molecule has 27 heavy (non-hydrogen) atoms. The molecule has 3 aromatic carbocycles. The minimum absolute atomic E-state index is 0.535. The van der Waals surface area contributed by atoms with Crippen LogP contribution >= 0.6 is 0 Å². The van der Waals surface area contributed by atoms with E-state index in [9.17, 15) is 5.11 Å². The lowest BCUT2D eigenvalue weighted by atomic mass is 9.75. The zero-order valence-electron chi connectivity index (χ0n) is 15.5. The second kappa shape index (κ2) is 7.45. The van der Waals surface area contributed by atoms with Gasteiger partial charge in [0.1, 0.15) is 23.7 Å². The number of ether oxygens (including phenoxy) is 2. The van der Waals surface area contributed by atoms with Gasteiger partial charge < -0.3 is 14.6 Å². The van der Waals surface area contributed by atoms with Crippen molar-refractivity contribution in [1.82, 2.24) is 0 Å². The smallest absolute Gasteiger partial charge is 0.119 e. The normalized spacial score (nSPS) is 18.6. The third kappa shape index (κ3) is 3.56. The molecular weight excluding hydrogens is 336 g/mol. The predicted molar refractivity (Wildman–Crippen MR) is 106 cm³/mol. The van der Waals surface area contributed by atoms with Crippen LogP contribution in [0.25, 0.3) is 0 Å². The molecule has 1 N–H and O–H groups in total. The van der Waals surface area contributed by atoms with Crippen LogP contribution in [0.3, 0.4) is 0 Å². The number of aryl methyl sites for hydroxylation is 1. The lowest BCUT2D eigenvalue weighted by molar-refractivity contribution is 0.0614. The highest BCUT2D eigenvalue weighted by molar-refractivity contribution is 5.47. The van der Waals surface area contributed by atoms with Crippen molar-refractivity contribution in [2.75, 3.05) is 7.11 Å². The topological polar surface area (TPSA) is 38.7 Å². The Bertz CT molecular complexity index is 903. The molecule has 0 amide bonds. The Hall–Kier alpha value is -2.78. The van der Waals surface area contributed by atoms with E-state index in [1.807, 2.05) is 72.8 Å². The van der Waals surface area contributed by atoms with Gasteiger partial charge in [-0.3, -0.25) is 0 Å². The first kappa shape index (κ1) is 17.6. The van der Waals surface area contributed by atoms with Crippen LogP contribution in [0.2, 0.25) is 0 Å². The number of rotatable bonds is 5. The van der Waals surface area contributed by atoms with Crippen LogP contribution in [0.15, 0.2) is 72.8 Å². The molecule has 1 aliphatic carbocycles. The zero-order chi connectivity index (χ0) is 18.7. The average Bonchev–Trinajstić information content (AvgIpc) is 2.73. The van der Waals surface area contributed by atoms with Gasteiger partial charge in [0.2, 0.25) is 0 Å². The van der Waals surface area contributed by atoms with E-state index in [0.29, 0.717) is 6.61 Å². The van der Waals surface area contributed by atoms with Crippen molar-refractivity contribution in [3.8, 4) is 11.5 Å². The Balaban J connectivity index is 1.55. The van der Waals surface area contributed by atoms with Crippen LogP contribution in [0, 0.1) is 0 Å². The molecule has 1 aliphatic rings. The van der Waals surface area contributed by atoms with E-state index in [1.165, 1.54) is 0 Å². The van der Waals surface area contributed by atoms with Crippen molar-refractivity contribution >= 4 is 0 Å². The zero-order valence-corrected chi connectivity index (χ0v) is 15.5. The first-order valence-corrected chi connectivity index (χ1v) is 9.36. The molecule has 3 nitrogen and oxygen atoms in total. The number of hydrogen-bond acceptors (Lipinski definition) is 3. The molecule has 0 heterocycles. The van der Waals surface area contributed by atoms with E-state index < -0.39 is 5.60 Å². The molecule has 0 saturated heterocycles. The van der Waals surface area contributed by atoms with Crippen molar-refractivity contribution < 1.29 is 14.6 Å². The molecule has 3 heteroatoms. The highest BCUT2D eigenvalue weighted by Gasteiger charge is 2.36. The third-order valence-corrected chi connectivity index (χ3v) is 5.32. The Morgan fingerprint density at radius 3 is 2.41 bits per heavy atom. The van der Waals surface area contributed by atoms with Crippen LogP contribution in [0.1, 0.15) is 35.1 Å². The summed E-state index contributed by atoms with van der Waals surface area (Å²) < 4.78 is 11.2. The van der Waals surface area contributed by atoms with Gasteiger partial charge in [-0.2, -0.15) is 0 Å². The van der Waals surface area contributed by atoms with Crippen LogP contribution < -0.4 is 9.47 Å². The van der Waals surface area contributed by atoms with Crippen LogP contribution in [0.5, 0.6) is 11.5 Å². The van der Waals surface area contributed by atoms with E-state index in [-0.39, 0.29) is 0 Å². The van der Waals surface area contributed by atoms with Crippen LogP contribution in [-0.4, -0.2) is 12.2 Å². The number of methoxy groups -OCH3 is 1. The number of hydrogen-bond donors (Lipinski definition) is 1. The minimum atomic E-state index is -0.961. The second-order valence-corrected chi connectivity index (χ2v) is 7.04. The molecule has 138 valence electrons. The Kier molecular flexibility index (Phi) is 4.87.